The predicted molar refractivity (Wildman–Crippen MR) is 135 cm³/mol. The molecule has 186 valence electrons. The van der Waals surface area contributed by atoms with Gasteiger partial charge in [0.2, 0.25) is 0 Å². The molecule has 0 aromatic heterocycles. The number of hydrogen-bond acceptors (Lipinski definition) is 6. The number of ether oxygens (including phenoxy) is 4. The highest BCUT2D eigenvalue weighted by atomic mass is 16.6. The zero-order valence-corrected chi connectivity index (χ0v) is 21.1. The van der Waals surface area contributed by atoms with Gasteiger partial charge in [0, 0.05) is 33.0 Å². The first kappa shape index (κ1) is 24.8. The second kappa shape index (κ2) is 10.1. The smallest absolute Gasteiger partial charge is 0.333 e. The largest absolute Gasteiger partial charge is 0.489 e. The summed E-state index contributed by atoms with van der Waals surface area (Å²) in [7, 11) is 0. The van der Waals surface area contributed by atoms with E-state index in [-0.39, 0.29) is 26.4 Å². The van der Waals surface area contributed by atoms with Gasteiger partial charge in [-0.05, 0) is 56.9 Å². The normalized spacial score (nSPS) is 19.8. The third-order valence-corrected chi connectivity index (χ3v) is 7.15. The van der Waals surface area contributed by atoms with Crippen LogP contribution in [0.1, 0.15) is 62.1 Å². The Bertz CT molecular complexity index is 1190. The van der Waals surface area contributed by atoms with Gasteiger partial charge in [-0.2, -0.15) is 0 Å². The van der Waals surface area contributed by atoms with Crippen molar-refractivity contribution in [3.05, 3.63) is 59.2 Å². The van der Waals surface area contributed by atoms with Gasteiger partial charge in [0.25, 0.3) is 0 Å². The van der Waals surface area contributed by atoms with Gasteiger partial charge in [-0.25, -0.2) is 9.59 Å². The summed E-state index contributed by atoms with van der Waals surface area (Å²) < 4.78 is 23.2. The summed E-state index contributed by atoms with van der Waals surface area (Å²) in [4.78, 5) is 23.5. The highest BCUT2D eigenvalue weighted by molar-refractivity contribution is 5.99. The fourth-order valence-electron chi connectivity index (χ4n) is 5.51. The Balaban J connectivity index is 1.68. The van der Waals surface area contributed by atoms with Crippen LogP contribution in [0.5, 0.6) is 11.5 Å². The summed E-state index contributed by atoms with van der Waals surface area (Å²) >= 11 is 0. The molecule has 3 atom stereocenters. The van der Waals surface area contributed by atoms with Crippen LogP contribution in [-0.4, -0.2) is 38.4 Å². The van der Waals surface area contributed by atoms with Gasteiger partial charge in [-0.1, -0.05) is 38.3 Å². The number of hydrogen-bond donors (Lipinski definition) is 0. The molecule has 2 aliphatic carbocycles. The highest BCUT2D eigenvalue weighted by Gasteiger charge is 2.48. The van der Waals surface area contributed by atoms with Crippen molar-refractivity contribution in [1.82, 2.24) is 0 Å². The average Bonchev–Trinajstić information content (AvgIpc) is 3.32. The molecule has 2 aromatic rings. The molecule has 35 heavy (non-hydrogen) atoms. The summed E-state index contributed by atoms with van der Waals surface area (Å²) in [5.41, 5.74) is 4.26. The maximum absolute atomic E-state index is 11.8. The zero-order chi connectivity index (χ0) is 25.3. The van der Waals surface area contributed by atoms with Gasteiger partial charge >= 0.3 is 11.9 Å². The van der Waals surface area contributed by atoms with Crippen LogP contribution in [0, 0.1) is 12.8 Å². The van der Waals surface area contributed by atoms with Crippen molar-refractivity contribution in [2.45, 2.75) is 52.4 Å². The Kier molecular flexibility index (Phi) is 7.20. The summed E-state index contributed by atoms with van der Waals surface area (Å²) in [6.45, 7) is 15.7. The fourth-order valence-corrected chi connectivity index (χ4v) is 5.51. The van der Waals surface area contributed by atoms with E-state index in [1.807, 2.05) is 6.07 Å². The number of benzene rings is 2. The number of aryl methyl sites for hydroxylation is 1. The lowest BCUT2D eigenvalue weighted by Crippen LogP contribution is -2.16. The number of fused-ring (bicyclic) bond motifs is 6. The summed E-state index contributed by atoms with van der Waals surface area (Å²) in [6.07, 6.45) is 2.24. The summed E-state index contributed by atoms with van der Waals surface area (Å²) in [5.74, 6) is 2.21. The molecule has 4 rings (SSSR count). The van der Waals surface area contributed by atoms with Crippen LogP contribution in [0.15, 0.2) is 42.5 Å². The molecule has 1 saturated carbocycles. The van der Waals surface area contributed by atoms with E-state index in [4.69, 9.17) is 18.9 Å². The van der Waals surface area contributed by atoms with Gasteiger partial charge in [0.15, 0.2) is 0 Å². The molecular formula is C29H34O6. The molecule has 1 fully saturated rings. The molecule has 0 aliphatic heterocycles. The SMILES string of the molecule is C=C(C)C(=O)OCCOc1c2c(c(OCCOC(=O)C(=C)C)c3c(C)cccc13)C1CCC2C1C. The average molecular weight is 479 g/mol. The Hall–Kier alpha value is -3.28. The van der Waals surface area contributed by atoms with Gasteiger partial charge in [0.1, 0.15) is 37.9 Å². The first-order chi connectivity index (χ1) is 16.7. The van der Waals surface area contributed by atoms with Crippen molar-refractivity contribution in [1.29, 1.82) is 0 Å². The maximum Gasteiger partial charge on any atom is 0.333 e. The van der Waals surface area contributed by atoms with Gasteiger partial charge in [-0.3, -0.25) is 0 Å². The van der Waals surface area contributed by atoms with Crippen molar-refractivity contribution in [3.63, 3.8) is 0 Å². The molecule has 0 spiro atoms. The van der Waals surface area contributed by atoms with E-state index in [1.54, 1.807) is 13.8 Å². The van der Waals surface area contributed by atoms with Gasteiger partial charge in [-0.15, -0.1) is 0 Å². The Morgan fingerprint density at radius 3 is 1.91 bits per heavy atom. The molecule has 6 heteroatoms. The third kappa shape index (κ3) is 4.66. The minimum absolute atomic E-state index is 0.157. The van der Waals surface area contributed by atoms with E-state index in [1.165, 1.54) is 11.1 Å². The van der Waals surface area contributed by atoms with Crippen LogP contribution in [0.2, 0.25) is 0 Å². The van der Waals surface area contributed by atoms with Crippen LogP contribution >= 0.6 is 0 Å². The minimum atomic E-state index is -0.414. The topological polar surface area (TPSA) is 71.1 Å². The van der Waals surface area contributed by atoms with Crippen LogP contribution in [0.25, 0.3) is 10.8 Å². The van der Waals surface area contributed by atoms with Crippen LogP contribution in [0.4, 0.5) is 0 Å². The lowest BCUT2D eigenvalue weighted by Gasteiger charge is -2.26. The van der Waals surface area contributed by atoms with E-state index in [9.17, 15) is 9.59 Å². The first-order valence-corrected chi connectivity index (χ1v) is 12.2. The van der Waals surface area contributed by atoms with Crippen molar-refractivity contribution in [2.24, 2.45) is 5.92 Å². The fraction of sp³-hybridized carbons (Fsp3) is 0.448. The van der Waals surface area contributed by atoms with Gasteiger partial charge in [0.05, 0.1) is 0 Å². The van der Waals surface area contributed by atoms with Crippen molar-refractivity contribution >= 4 is 22.7 Å². The summed E-state index contributed by atoms with van der Waals surface area (Å²) in [5, 5.41) is 2.01. The van der Waals surface area contributed by atoms with E-state index in [0.717, 1.165) is 40.7 Å². The third-order valence-electron chi connectivity index (χ3n) is 7.15. The molecule has 3 unspecified atom stereocenters. The Labute approximate surface area is 206 Å². The second-order valence-electron chi connectivity index (χ2n) is 9.66. The predicted octanol–water partition coefficient (Wildman–Crippen LogP) is 5.76. The Morgan fingerprint density at radius 1 is 0.857 bits per heavy atom. The second-order valence-corrected chi connectivity index (χ2v) is 9.66. The minimum Gasteiger partial charge on any atom is -0.489 e. The lowest BCUT2D eigenvalue weighted by atomic mass is 9.86. The van der Waals surface area contributed by atoms with Crippen LogP contribution < -0.4 is 9.47 Å². The molecule has 2 bridgehead atoms. The number of rotatable bonds is 10. The lowest BCUT2D eigenvalue weighted by molar-refractivity contribution is -0.140. The van der Waals surface area contributed by atoms with Crippen molar-refractivity contribution in [3.8, 4) is 11.5 Å². The van der Waals surface area contributed by atoms with Gasteiger partial charge < -0.3 is 18.9 Å². The quantitative estimate of drug-likeness (QED) is 0.246. The molecule has 0 heterocycles. The van der Waals surface area contributed by atoms with E-state index < -0.39 is 11.9 Å². The molecule has 2 aromatic carbocycles. The summed E-state index contributed by atoms with van der Waals surface area (Å²) in [6, 6.07) is 6.15. The molecular weight excluding hydrogens is 444 g/mol. The molecule has 0 N–H and O–H groups in total. The van der Waals surface area contributed by atoms with Crippen LogP contribution in [0.3, 0.4) is 0 Å². The van der Waals surface area contributed by atoms with E-state index >= 15 is 0 Å². The van der Waals surface area contributed by atoms with Crippen LogP contribution in [-0.2, 0) is 19.1 Å². The van der Waals surface area contributed by atoms with E-state index in [2.05, 4.69) is 39.1 Å². The zero-order valence-electron chi connectivity index (χ0n) is 21.1. The monoisotopic (exact) mass is 478 g/mol. The number of carbonyl (C=O) groups is 2. The molecule has 2 aliphatic rings. The molecule has 0 amide bonds. The van der Waals surface area contributed by atoms with E-state index in [0.29, 0.717) is 28.9 Å². The first-order valence-electron chi connectivity index (χ1n) is 12.2. The standard InChI is InChI=1S/C29H34O6/c1-16(2)28(30)34-14-12-32-26-22-9-7-8-18(5)23(22)27(33-13-15-35-29(31)17(3)4)25-21-11-10-20(19(21)6)24(25)26/h7-9,19-21H,1,3,10-15H2,2,4-6H3. The molecule has 0 saturated heterocycles. The molecule has 0 radical (unpaired) electrons. The maximum atomic E-state index is 11.8. The Morgan fingerprint density at radius 2 is 1.37 bits per heavy atom. The van der Waals surface area contributed by atoms with Crippen molar-refractivity contribution in [2.75, 3.05) is 26.4 Å². The van der Waals surface area contributed by atoms with Crippen molar-refractivity contribution < 1.29 is 28.5 Å². The number of carbonyl (C=O) groups excluding carboxylic acids is 2. The highest BCUT2D eigenvalue weighted by Crippen LogP contribution is 2.64. The molecule has 6 nitrogen and oxygen atoms in total. The number of esters is 2.